The van der Waals surface area contributed by atoms with E-state index in [0.29, 0.717) is 17.7 Å². The molecule has 0 aliphatic heterocycles. The van der Waals surface area contributed by atoms with Crippen molar-refractivity contribution in [1.29, 1.82) is 0 Å². The molecule has 0 aliphatic rings. The van der Waals surface area contributed by atoms with E-state index >= 15 is 0 Å². The maximum Gasteiger partial charge on any atom is 0.475 e. The number of Topliss-reactive ketones (excluding diaryl/α,β-unsaturated/α-hetero) is 1. The molecule has 1 aromatic heterocycles. The van der Waals surface area contributed by atoms with Gasteiger partial charge in [-0.2, -0.15) is 11.3 Å². The highest BCUT2D eigenvalue weighted by Gasteiger charge is 2.26. The molecule has 3 N–H and O–H groups in total. The molecule has 0 fully saturated rings. The number of nitrogens with one attached hydrogen (secondary N) is 1. The molecule has 6 nitrogen and oxygen atoms in total. The lowest BCUT2D eigenvalue weighted by Crippen LogP contribution is -2.47. The molecule has 2 aromatic rings. The number of carbonyl (C=O) groups is 2. The molecule has 0 aliphatic carbocycles. The molecule has 1 amide bonds. The van der Waals surface area contributed by atoms with Gasteiger partial charge in [-0.05, 0) is 40.9 Å². The summed E-state index contributed by atoms with van der Waals surface area (Å²) >= 11 is 1.49. The minimum absolute atomic E-state index is 0.0128. The van der Waals surface area contributed by atoms with Crippen LogP contribution in [0.4, 0.5) is 0 Å². The first kappa shape index (κ1) is 19.2. The maximum absolute atomic E-state index is 12.2. The van der Waals surface area contributed by atoms with Crippen molar-refractivity contribution >= 4 is 30.1 Å². The summed E-state index contributed by atoms with van der Waals surface area (Å²) in [5.41, 5.74) is 1.34. The van der Waals surface area contributed by atoms with Gasteiger partial charge >= 0.3 is 7.12 Å². The Hall–Kier alpha value is -2.16. The smallest absolute Gasteiger partial charge is 0.475 e. The van der Waals surface area contributed by atoms with Gasteiger partial charge in [0.15, 0.2) is 5.78 Å². The van der Waals surface area contributed by atoms with Crippen LogP contribution in [0.1, 0.15) is 28.8 Å². The van der Waals surface area contributed by atoms with E-state index in [-0.39, 0.29) is 18.6 Å². The molecule has 1 aromatic carbocycles. The predicted octanol–water partition coefficient (Wildman–Crippen LogP) is 1.46. The lowest BCUT2D eigenvalue weighted by atomic mass is 9.76. The molecular formula is C17H20BNO5S. The van der Waals surface area contributed by atoms with Crippen molar-refractivity contribution in [1.82, 2.24) is 5.32 Å². The normalized spacial score (nSPS) is 11.6. The number of rotatable bonds is 9. The van der Waals surface area contributed by atoms with Crippen LogP contribution in [0.25, 0.3) is 0 Å². The van der Waals surface area contributed by atoms with Gasteiger partial charge in [-0.25, -0.2) is 0 Å². The van der Waals surface area contributed by atoms with Crippen molar-refractivity contribution in [3.8, 4) is 5.75 Å². The van der Waals surface area contributed by atoms with Gasteiger partial charge in [-0.15, -0.1) is 0 Å². The molecule has 132 valence electrons. The van der Waals surface area contributed by atoms with Crippen molar-refractivity contribution < 1.29 is 24.4 Å². The van der Waals surface area contributed by atoms with Crippen molar-refractivity contribution in [2.45, 2.75) is 25.2 Å². The average molecular weight is 361 g/mol. The highest BCUT2D eigenvalue weighted by Crippen LogP contribution is 2.19. The molecule has 25 heavy (non-hydrogen) atoms. The Morgan fingerprint density at radius 1 is 1.24 bits per heavy atom. The van der Waals surface area contributed by atoms with Gasteiger partial charge < -0.3 is 20.1 Å². The Balaban J connectivity index is 1.89. The number of hydrogen-bond donors (Lipinski definition) is 3. The second-order valence-corrected chi connectivity index (χ2v) is 6.33. The first-order valence-corrected chi connectivity index (χ1v) is 8.78. The van der Waals surface area contributed by atoms with Gasteiger partial charge in [-0.1, -0.05) is 12.1 Å². The number of ketones is 1. The summed E-state index contributed by atoms with van der Waals surface area (Å²) in [6.45, 7) is 0. The first-order valence-electron chi connectivity index (χ1n) is 7.84. The van der Waals surface area contributed by atoms with E-state index in [2.05, 4.69) is 5.32 Å². The zero-order valence-corrected chi connectivity index (χ0v) is 14.7. The van der Waals surface area contributed by atoms with E-state index in [1.807, 2.05) is 16.8 Å². The van der Waals surface area contributed by atoms with Gasteiger partial charge in [0.05, 0.1) is 18.6 Å². The second kappa shape index (κ2) is 9.36. The van der Waals surface area contributed by atoms with E-state index in [1.165, 1.54) is 18.4 Å². The van der Waals surface area contributed by atoms with Crippen LogP contribution >= 0.6 is 11.3 Å². The Morgan fingerprint density at radius 2 is 2.00 bits per heavy atom. The predicted molar refractivity (Wildman–Crippen MR) is 96.7 cm³/mol. The number of para-hydroxylation sites is 1. The Morgan fingerprint density at radius 3 is 2.64 bits per heavy atom. The molecule has 0 saturated carbocycles. The molecule has 0 saturated heterocycles. The Kier molecular flexibility index (Phi) is 7.18. The van der Waals surface area contributed by atoms with E-state index in [4.69, 9.17) is 4.74 Å². The number of ether oxygens (including phenoxy) is 1. The molecule has 1 heterocycles. The molecule has 0 spiro atoms. The van der Waals surface area contributed by atoms with Crippen molar-refractivity contribution in [2.75, 3.05) is 7.11 Å². The standard InChI is InChI=1S/C17H20BNO5S/c1-24-15-5-3-2-4-13(15)14(20)6-7-17(21)19-16(18(22)23)10-12-8-9-25-11-12/h2-5,8-9,11,16,22-23H,6-7,10H2,1H3,(H,19,21)/t16-/m0/s1. The molecule has 0 bridgehead atoms. The van der Waals surface area contributed by atoms with Crippen LogP contribution in [0.15, 0.2) is 41.1 Å². The SMILES string of the molecule is COc1ccccc1C(=O)CCC(=O)N[C@@H](Cc1ccsc1)B(O)O. The minimum atomic E-state index is -1.67. The number of thiophene rings is 1. The Bertz CT molecular complexity index is 705. The summed E-state index contributed by atoms with van der Waals surface area (Å²) in [5, 5.41) is 25.2. The van der Waals surface area contributed by atoms with E-state index in [9.17, 15) is 19.6 Å². The Labute approximate surface area is 150 Å². The largest absolute Gasteiger partial charge is 0.496 e. The fraction of sp³-hybridized carbons (Fsp3) is 0.294. The van der Waals surface area contributed by atoms with E-state index in [1.54, 1.807) is 24.3 Å². The van der Waals surface area contributed by atoms with E-state index < -0.39 is 19.0 Å². The second-order valence-electron chi connectivity index (χ2n) is 5.55. The van der Waals surface area contributed by atoms with Crippen LogP contribution < -0.4 is 10.1 Å². The summed E-state index contributed by atoms with van der Waals surface area (Å²) in [4.78, 5) is 24.3. The quantitative estimate of drug-likeness (QED) is 0.464. The number of methoxy groups -OCH3 is 1. The molecule has 0 radical (unpaired) electrons. The maximum atomic E-state index is 12.2. The summed E-state index contributed by atoms with van der Waals surface area (Å²) in [6, 6.07) is 8.69. The molecular weight excluding hydrogens is 341 g/mol. The van der Waals surface area contributed by atoms with Crippen LogP contribution in [0.2, 0.25) is 0 Å². The highest BCUT2D eigenvalue weighted by atomic mass is 32.1. The zero-order chi connectivity index (χ0) is 18.2. The van der Waals surface area contributed by atoms with Gasteiger partial charge in [0.1, 0.15) is 5.75 Å². The van der Waals surface area contributed by atoms with Gasteiger partial charge in [0.2, 0.25) is 5.91 Å². The highest BCUT2D eigenvalue weighted by molar-refractivity contribution is 7.07. The summed E-state index contributed by atoms with van der Waals surface area (Å²) < 4.78 is 5.14. The van der Waals surface area contributed by atoms with E-state index in [0.717, 1.165) is 5.56 Å². The third kappa shape index (κ3) is 5.70. The summed E-state index contributed by atoms with van der Waals surface area (Å²) in [6.07, 6.45) is 0.288. The van der Waals surface area contributed by atoms with Crippen molar-refractivity contribution in [3.63, 3.8) is 0 Å². The van der Waals surface area contributed by atoms with Crippen LogP contribution in [-0.4, -0.2) is 41.9 Å². The lowest BCUT2D eigenvalue weighted by molar-refractivity contribution is -0.121. The van der Waals surface area contributed by atoms with Crippen LogP contribution in [0.5, 0.6) is 5.75 Å². The third-order valence-electron chi connectivity index (χ3n) is 3.73. The van der Waals surface area contributed by atoms with Crippen LogP contribution in [0.3, 0.4) is 0 Å². The number of amides is 1. The fourth-order valence-corrected chi connectivity index (χ4v) is 3.09. The fourth-order valence-electron chi connectivity index (χ4n) is 2.41. The summed E-state index contributed by atoms with van der Waals surface area (Å²) in [5.74, 6) is -0.958. The minimum Gasteiger partial charge on any atom is -0.496 e. The number of benzene rings is 1. The van der Waals surface area contributed by atoms with Gasteiger partial charge in [-0.3, -0.25) is 9.59 Å². The molecule has 1 atom stereocenters. The van der Waals surface area contributed by atoms with Crippen LogP contribution in [-0.2, 0) is 11.2 Å². The summed E-state index contributed by atoms with van der Waals surface area (Å²) in [7, 11) is -0.190. The third-order valence-corrected chi connectivity index (χ3v) is 4.46. The van der Waals surface area contributed by atoms with Gasteiger partial charge in [0.25, 0.3) is 0 Å². The molecule has 8 heteroatoms. The number of hydrogen-bond acceptors (Lipinski definition) is 6. The lowest BCUT2D eigenvalue weighted by Gasteiger charge is -2.17. The van der Waals surface area contributed by atoms with Crippen molar-refractivity contribution in [3.05, 3.63) is 52.2 Å². The average Bonchev–Trinajstić information content (AvgIpc) is 3.12. The first-order chi connectivity index (χ1) is 12.0. The van der Waals surface area contributed by atoms with Gasteiger partial charge in [0, 0.05) is 12.8 Å². The van der Waals surface area contributed by atoms with Crippen LogP contribution in [0, 0.1) is 0 Å². The van der Waals surface area contributed by atoms with Crippen molar-refractivity contribution in [2.24, 2.45) is 0 Å². The molecule has 2 rings (SSSR count). The topological polar surface area (TPSA) is 95.9 Å². The number of carbonyl (C=O) groups excluding carboxylic acids is 2. The molecule has 0 unspecified atom stereocenters. The monoisotopic (exact) mass is 361 g/mol. The zero-order valence-electron chi connectivity index (χ0n) is 13.8.